The lowest BCUT2D eigenvalue weighted by Crippen LogP contribution is -2.54. The number of carbonyl (C=O) groups excluding carboxylic acids is 1. The molecule has 0 bridgehead atoms. The third-order valence-electron chi connectivity index (χ3n) is 4.45. The predicted molar refractivity (Wildman–Crippen MR) is 80.7 cm³/mol. The van der Waals surface area contributed by atoms with Gasteiger partial charge >= 0.3 is 0 Å². The standard InChI is InChI=1S/C14H17BrN2OS/c1-14(10-5-9(15)7-19-10)6-11(16)17(2)13(18)12(14)8-3-4-8/h5,7-8,12,16H,3-4,6H2,1-2H3/t12-,14-/m1/s1. The zero-order valence-electron chi connectivity index (χ0n) is 11.1. The molecule has 1 aliphatic carbocycles. The third-order valence-corrected chi connectivity index (χ3v) is 6.42. The van der Waals surface area contributed by atoms with E-state index in [1.165, 1.54) is 4.88 Å². The second kappa shape index (κ2) is 4.42. The number of piperidine rings is 1. The molecule has 1 saturated carbocycles. The molecule has 3 rings (SSSR count). The van der Waals surface area contributed by atoms with Gasteiger partial charge in [-0.1, -0.05) is 6.92 Å². The summed E-state index contributed by atoms with van der Waals surface area (Å²) in [6.07, 6.45) is 2.96. The lowest BCUT2D eigenvalue weighted by molar-refractivity contribution is -0.135. The number of hydrogen-bond donors (Lipinski definition) is 1. The molecular weight excluding hydrogens is 324 g/mol. The summed E-state index contributed by atoms with van der Waals surface area (Å²) in [5.41, 5.74) is -0.210. The van der Waals surface area contributed by atoms with Gasteiger partial charge in [0.05, 0.1) is 5.92 Å². The Bertz CT molecular complexity index is 551. The number of hydrogen-bond acceptors (Lipinski definition) is 3. The molecule has 2 fully saturated rings. The minimum absolute atomic E-state index is 0.0390. The van der Waals surface area contributed by atoms with E-state index in [0.717, 1.165) is 17.3 Å². The van der Waals surface area contributed by atoms with Crippen molar-refractivity contribution in [3.8, 4) is 0 Å². The van der Waals surface area contributed by atoms with E-state index in [1.807, 2.05) is 0 Å². The van der Waals surface area contributed by atoms with E-state index in [0.29, 0.717) is 18.2 Å². The van der Waals surface area contributed by atoms with Gasteiger partial charge in [0.25, 0.3) is 0 Å². The third kappa shape index (κ3) is 2.07. The number of nitrogens with zero attached hydrogens (tertiary/aromatic N) is 1. The number of nitrogens with one attached hydrogen (secondary N) is 1. The molecule has 2 heterocycles. The Balaban J connectivity index is 2.05. The molecule has 0 radical (unpaired) electrons. The van der Waals surface area contributed by atoms with Crippen LogP contribution in [-0.2, 0) is 10.2 Å². The number of likely N-dealkylation sites (tertiary alicyclic amines) is 1. The Morgan fingerprint density at radius 2 is 2.21 bits per heavy atom. The van der Waals surface area contributed by atoms with Gasteiger partial charge in [0.15, 0.2) is 0 Å². The van der Waals surface area contributed by atoms with E-state index in [2.05, 4.69) is 34.3 Å². The summed E-state index contributed by atoms with van der Waals surface area (Å²) >= 11 is 5.19. The van der Waals surface area contributed by atoms with Gasteiger partial charge < -0.3 is 4.90 Å². The monoisotopic (exact) mass is 340 g/mol. The van der Waals surface area contributed by atoms with Crippen LogP contribution in [0, 0.1) is 17.2 Å². The maximum atomic E-state index is 12.6. The van der Waals surface area contributed by atoms with E-state index < -0.39 is 0 Å². The predicted octanol–water partition coefficient (Wildman–Crippen LogP) is 3.63. The summed E-state index contributed by atoms with van der Waals surface area (Å²) in [6, 6.07) is 2.12. The van der Waals surface area contributed by atoms with Gasteiger partial charge in [-0.2, -0.15) is 0 Å². The number of thiophene rings is 1. The first kappa shape index (κ1) is 13.3. The minimum atomic E-state index is -0.210. The zero-order valence-corrected chi connectivity index (χ0v) is 13.5. The van der Waals surface area contributed by atoms with Crippen LogP contribution >= 0.6 is 27.3 Å². The van der Waals surface area contributed by atoms with Gasteiger partial charge in [-0.3, -0.25) is 10.2 Å². The molecule has 5 heteroatoms. The molecule has 1 N–H and O–H groups in total. The molecule has 0 aromatic carbocycles. The van der Waals surface area contributed by atoms with Crippen molar-refractivity contribution in [2.45, 2.75) is 31.6 Å². The molecule has 1 amide bonds. The topological polar surface area (TPSA) is 44.2 Å². The quantitative estimate of drug-likeness (QED) is 0.877. The van der Waals surface area contributed by atoms with Crippen LogP contribution in [0.15, 0.2) is 15.9 Å². The lowest BCUT2D eigenvalue weighted by Gasteiger charge is -2.44. The van der Waals surface area contributed by atoms with Crippen LogP contribution in [-0.4, -0.2) is 23.7 Å². The molecule has 1 aromatic rings. The average molecular weight is 341 g/mol. The maximum absolute atomic E-state index is 12.6. The van der Waals surface area contributed by atoms with Crippen molar-refractivity contribution in [3.05, 3.63) is 20.8 Å². The van der Waals surface area contributed by atoms with Gasteiger partial charge in [-0.25, -0.2) is 0 Å². The summed E-state index contributed by atoms with van der Waals surface area (Å²) in [7, 11) is 1.74. The van der Waals surface area contributed by atoms with Crippen molar-refractivity contribution in [3.63, 3.8) is 0 Å². The van der Waals surface area contributed by atoms with Crippen LogP contribution in [0.4, 0.5) is 0 Å². The van der Waals surface area contributed by atoms with Crippen molar-refractivity contribution in [1.82, 2.24) is 4.90 Å². The highest BCUT2D eigenvalue weighted by molar-refractivity contribution is 9.10. The fourth-order valence-electron chi connectivity index (χ4n) is 3.19. The van der Waals surface area contributed by atoms with Crippen molar-refractivity contribution < 1.29 is 4.79 Å². The Kier molecular flexibility index (Phi) is 3.09. The van der Waals surface area contributed by atoms with Crippen molar-refractivity contribution in [2.24, 2.45) is 11.8 Å². The highest BCUT2D eigenvalue weighted by Gasteiger charge is 2.54. The van der Waals surface area contributed by atoms with Gasteiger partial charge in [0.1, 0.15) is 5.84 Å². The highest BCUT2D eigenvalue weighted by Crippen LogP contribution is 2.53. The van der Waals surface area contributed by atoms with Crippen molar-refractivity contribution >= 4 is 39.0 Å². The van der Waals surface area contributed by atoms with E-state index in [1.54, 1.807) is 23.3 Å². The van der Waals surface area contributed by atoms with E-state index in [4.69, 9.17) is 5.41 Å². The molecule has 2 aliphatic rings. The summed E-state index contributed by atoms with van der Waals surface area (Å²) in [5, 5.41) is 10.2. The van der Waals surface area contributed by atoms with Gasteiger partial charge in [0.2, 0.25) is 5.91 Å². The Morgan fingerprint density at radius 3 is 2.74 bits per heavy atom. The minimum Gasteiger partial charge on any atom is -0.304 e. The van der Waals surface area contributed by atoms with Crippen LogP contribution < -0.4 is 0 Å². The summed E-state index contributed by atoms with van der Waals surface area (Å²) in [4.78, 5) is 15.4. The van der Waals surface area contributed by atoms with Crippen LogP contribution in [0.3, 0.4) is 0 Å². The van der Waals surface area contributed by atoms with E-state index >= 15 is 0 Å². The molecule has 102 valence electrons. The Hall–Kier alpha value is -0.680. The van der Waals surface area contributed by atoms with Crippen LogP contribution in [0.5, 0.6) is 0 Å². The van der Waals surface area contributed by atoms with Crippen molar-refractivity contribution in [1.29, 1.82) is 5.41 Å². The largest absolute Gasteiger partial charge is 0.304 e. The highest BCUT2D eigenvalue weighted by atomic mass is 79.9. The SMILES string of the molecule is CN1C(=N)C[C@](C)(c2cc(Br)cs2)[C@H](C2CC2)C1=O. The first-order valence-corrected chi connectivity index (χ1v) is 8.20. The normalized spacial score (nSPS) is 31.9. The molecule has 0 spiro atoms. The first-order valence-electron chi connectivity index (χ1n) is 6.53. The molecule has 1 aliphatic heterocycles. The summed E-state index contributed by atoms with van der Waals surface area (Å²) in [6.45, 7) is 2.16. The molecule has 0 unspecified atom stereocenters. The molecular formula is C14H17BrN2OS. The summed E-state index contributed by atoms with van der Waals surface area (Å²) < 4.78 is 1.07. The number of amides is 1. The van der Waals surface area contributed by atoms with E-state index in [9.17, 15) is 4.79 Å². The second-order valence-electron chi connectivity index (χ2n) is 5.88. The smallest absolute Gasteiger partial charge is 0.231 e. The number of halogens is 1. The fraction of sp³-hybridized carbons (Fsp3) is 0.571. The van der Waals surface area contributed by atoms with E-state index in [-0.39, 0.29) is 17.2 Å². The Morgan fingerprint density at radius 1 is 1.53 bits per heavy atom. The fourth-order valence-corrected chi connectivity index (χ4v) is 4.83. The van der Waals surface area contributed by atoms with Crippen molar-refractivity contribution in [2.75, 3.05) is 7.05 Å². The first-order chi connectivity index (χ1) is 8.93. The van der Waals surface area contributed by atoms with Crippen LogP contribution in [0.25, 0.3) is 0 Å². The molecule has 19 heavy (non-hydrogen) atoms. The maximum Gasteiger partial charge on any atom is 0.231 e. The van der Waals surface area contributed by atoms with Gasteiger partial charge in [-0.05, 0) is 40.8 Å². The van der Waals surface area contributed by atoms with Crippen LogP contribution in [0.2, 0.25) is 0 Å². The lowest BCUT2D eigenvalue weighted by atomic mass is 9.67. The average Bonchev–Trinajstić information content (AvgIpc) is 3.07. The summed E-state index contributed by atoms with van der Waals surface area (Å²) in [5.74, 6) is 1.12. The molecule has 2 atom stereocenters. The number of amidine groups is 1. The molecule has 1 aromatic heterocycles. The second-order valence-corrected chi connectivity index (χ2v) is 7.71. The van der Waals surface area contributed by atoms with Gasteiger partial charge in [-0.15, -0.1) is 11.3 Å². The molecule has 1 saturated heterocycles. The zero-order chi connectivity index (χ0) is 13.8. The molecule has 3 nitrogen and oxygen atoms in total. The van der Waals surface area contributed by atoms with Crippen LogP contribution in [0.1, 0.15) is 31.1 Å². The number of rotatable bonds is 2. The number of carbonyl (C=O) groups is 1. The Labute approximate surface area is 125 Å². The van der Waals surface area contributed by atoms with Gasteiger partial charge in [0, 0.05) is 33.6 Å².